The van der Waals surface area contributed by atoms with Gasteiger partial charge in [-0.05, 0) is 63.0 Å². The van der Waals surface area contributed by atoms with Crippen molar-refractivity contribution in [3.8, 4) is 5.75 Å². The third kappa shape index (κ3) is 4.36. The highest BCUT2D eigenvalue weighted by atomic mass is 32.2. The van der Waals surface area contributed by atoms with Crippen LogP contribution in [0.25, 0.3) is 0 Å². The summed E-state index contributed by atoms with van der Waals surface area (Å²) in [5, 5.41) is 6.41. The highest BCUT2D eigenvalue weighted by molar-refractivity contribution is 7.89. The van der Waals surface area contributed by atoms with E-state index in [2.05, 4.69) is 10.6 Å². The highest BCUT2D eigenvalue weighted by Crippen LogP contribution is 2.25. The van der Waals surface area contributed by atoms with Gasteiger partial charge in [-0.25, -0.2) is 8.42 Å². The van der Waals surface area contributed by atoms with Crippen molar-refractivity contribution in [1.29, 1.82) is 0 Å². The van der Waals surface area contributed by atoms with Crippen LogP contribution < -0.4 is 15.4 Å². The fourth-order valence-corrected chi connectivity index (χ4v) is 5.01. The van der Waals surface area contributed by atoms with Crippen LogP contribution in [-0.2, 0) is 14.8 Å². The Kier molecular flexibility index (Phi) is 6.16. The summed E-state index contributed by atoms with van der Waals surface area (Å²) in [7, 11) is -1.98. The average Bonchev–Trinajstić information content (AvgIpc) is 2.69. The van der Waals surface area contributed by atoms with Crippen LogP contribution in [0.2, 0.25) is 0 Å². The van der Waals surface area contributed by atoms with E-state index in [4.69, 9.17) is 4.74 Å². The molecule has 0 unspecified atom stereocenters. The molecular formula is C18H27N3O4S. The molecule has 2 N–H and O–H groups in total. The Morgan fingerprint density at radius 2 is 1.73 bits per heavy atom. The van der Waals surface area contributed by atoms with Crippen molar-refractivity contribution in [1.82, 2.24) is 14.9 Å². The Morgan fingerprint density at radius 3 is 2.31 bits per heavy atom. The van der Waals surface area contributed by atoms with E-state index in [1.807, 2.05) is 0 Å². The maximum atomic E-state index is 12.8. The maximum absolute atomic E-state index is 12.8. The Balaban J connectivity index is 1.55. The van der Waals surface area contributed by atoms with Gasteiger partial charge >= 0.3 is 0 Å². The molecule has 2 heterocycles. The topological polar surface area (TPSA) is 87.7 Å². The first-order chi connectivity index (χ1) is 12.5. The Bertz CT molecular complexity index is 706. The van der Waals surface area contributed by atoms with Crippen molar-refractivity contribution < 1.29 is 17.9 Å². The molecule has 144 valence electrons. The molecule has 2 aliphatic heterocycles. The molecular weight excluding hydrogens is 354 g/mol. The molecule has 0 aliphatic carbocycles. The Labute approximate surface area is 155 Å². The zero-order valence-electron chi connectivity index (χ0n) is 15.1. The van der Waals surface area contributed by atoms with Crippen LogP contribution >= 0.6 is 0 Å². The van der Waals surface area contributed by atoms with Gasteiger partial charge in [0.2, 0.25) is 15.9 Å². The highest BCUT2D eigenvalue weighted by Gasteiger charge is 2.32. The lowest BCUT2D eigenvalue weighted by atomic mass is 9.96. The van der Waals surface area contributed by atoms with E-state index in [9.17, 15) is 13.2 Å². The molecule has 1 aromatic rings. The monoisotopic (exact) mass is 381 g/mol. The number of nitrogens with zero attached hydrogens (tertiary/aromatic N) is 1. The number of hydrogen-bond acceptors (Lipinski definition) is 5. The molecule has 1 aromatic carbocycles. The summed E-state index contributed by atoms with van der Waals surface area (Å²) < 4.78 is 32.1. The number of methoxy groups -OCH3 is 1. The van der Waals surface area contributed by atoms with Gasteiger partial charge in [-0.2, -0.15) is 4.31 Å². The van der Waals surface area contributed by atoms with E-state index in [0.29, 0.717) is 31.7 Å². The molecule has 0 atom stereocenters. The first-order valence-electron chi connectivity index (χ1n) is 9.16. The van der Waals surface area contributed by atoms with E-state index in [1.54, 1.807) is 31.4 Å². The van der Waals surface area contributed by atoms with Crippen molar-refractivity contribution in [3.63, 3.8) is 0 Å². The van der Waals surface area contributed by atoms with Crippen molar-refractivity contribution in [3.05, 3.63) is 24.3 Å². The van der Waals surface area contributed by atoms with Gasteiger partial charge in [0, 0.05) is 25.0 Å². The quantitative estimate of drug-likeness (QED) is 0.793. The first kappa shape index (κ1) is 19.1. The molecule has 3 rings (SSSR count). The smallest absolute Gasteiger partial charge is 0.243 e. The van der Waals surface area contributed by atoms with Crippen molar-refractivity contribution in [2.45, 2.75) is 36.6 Å². The van der Waals surface area contributed by atoms with Gasteiger partial charge in [0.1, 0.15) is 5.75 Å². The number of carbonyl (C=O) groups excluding carboxylic acids is 1. The van der Waals surface area contributed by atoms with Crippen LogP contribution in [0.4, 0.5) is 0 Å². The first-order valence-corrected chi connectivity index (χ1v) is 10.6. The standard InChI is InChI=1S/C18H27N3O4S/c1-25-16-2-4-17(5-3-16)26(23,24)21-12-8-14(9-13-21)18(22)20-15-6-10-19-11-7-15/h2-5,14-15,19H,6-13H2,1H3,(H,20,22). The number of hydrogen-bond donors (Lipinski definition) is 2. The fourth-order valence-electron chi connectivity index (χ4n) is 3.54. The molecule has 0 spiro atoms. The Morgan fingerprint density at radius 1 is 1.12 bits per heavy atom. The van der Waals surface area contributed by atoms with E-state index in [1.165, 1.54) is 4.31 Å². The second-order valence-electron chi connectivity index (χ2n) is 6.89. The van der Waals surface area contributed by atoms with Crippen molar-refractivity contribution in [2.24, 2.45) is 5.92 Å². The number of sulfonamides is 1. The number of piperidine rings is 2. The molecule has 2 fully saturated rings. The minimum atomic E-state index is -3.53. The van der Waals surface area contributed by atoms with E-state index >= 15 is 0 Å². The van der Waals surface area contributed by atoms with Crippen LogP contribution in [0.1, 0.15) is 25.7 Å². The normalized spacial score (nSPS) is 20.7. The number of benzene rings is 1. The summed E-state index contributed by atoms with van der Waals surface area (Å²) >= 11 is 0. The molecule has 8 heteroatoms. The molecule has 2 saturated heterocycles. The van der Waals surface area contributed by atoms with E-state index in [-0.39, 0.29) is 22.8 Å². The number of carbonyl (C=O) groups is 1. The second-order valence-corrected chi connectivity index (χ2v) is 8.82. The van der Waals surface area contributed by atoms with Crippen LogP contribution in [0.5, 0.6) is 5.75 Å². The zero-order chi connectivity index (χ0) is 18.6. The van der Waals surface area contributed by atoms with Gasteiger partial charge in [-0.15, -0.1) is 0 Å². The number of rotatable bonds is 5. The largest absolute Gasteiger partial charge is 0.497 e. The number of amides is 1. The number of ether oxygens (including phenoxy) is 1. The van der Waals surface area contributed by atoms with E-state index < -0.39 is 10.0 Å². The van der Waals surface area contributed by atoms with Gasteiger partial charge < -0.3 is 15.4 Å². The molecule has 0 aromatic heterocycles. The summed E-state index contributed by atoms with van der Waals surface area (Å²) in [6.45, 7) is 2.62. The number of nitrogens with one attached hydrogen (secondary N) is 2. The summed E-state index contributed by atoms with van der Waals surface area (Å²) in [5.41, 5.74) is 0. The predicted octanol–water partition coefficient (Wildman–Crippen LogP) is 0.964. The predicted molar refractivity (Wildman–Crippen MR) is 98.5 cm³/mol. The molecule has 0 bridgehead atoms. The van der Waals surface area contributed by atoms with Gasteiger partial charge in [-0.1, -0.05) is 0 Å². The lowest BCUT2D eigenvalue weighted by Crippen LogP contribution is -2.47. The molecule has 2 aliphatic rings. The molecule has 1 amide bonds. The van der Waals surface area contributed by atoms with Crippen LogP contribution in [0.15, 0.2) is 29.2 Å². The lowest BCUT2D eigenvalue weighted by molar-refractivity contribution is -0.127. The third-order valence-corrected chi connectivity index (χ3v) is 7.12. The third-order valence-electron chi connectivity index (χ3n) is 5.21. The summed E-state index contributed by atoms with van der Waals surface area (Å²) in [6.07, 6.45) is 3.03. The summed E-state index contributed by atoms with van der Waals surface area (Å²) in [5.74, 6) is 0.586. The van der Waals surface area contributed by atoms with E-state index in [0.717, 1.165) is 25.9 Å². The molecule has 7 nitrogen and oxygen atoms in total. The zero-order valence-corrected chi connectivity index (χ0v) is 15.9. The van der Waals surface area contributed by atoms with Gasteiger partial charge in [0.15, 0.2) is 0 Å². The average molecular weight is 381 g/mol. The summed E-state index contributed by atoms with van der Waals surface area (Å²) in [6, 6.07) is 6.65. The molecule has 0 saturated carbocycles. The van der Waals surface area contributed by atoms with Crippen LogP contribution in [0.3, 0.4) is 0 Å². The van der Waals surface area contributed by atoms with Gasteiger partial charge in [0.05, 0.1) is 12.0 Å². The van der Waals surface area contributed by atoms with Gasteiger partial charge in [-0.3, -0.25) is 4.79 Å². The SMILES string of the molecule is COc1ccc(S(=O)(=O)N2CCC(C(=O)NC3CCNCC3)CC2)cc1. The second kappa shape index (κ2) is 8.37. The summed E-state index contributed by atoms with van der Waals surface area (Å²) in [4.78, 5) is 12.7. The molecule has 26 heavy (non-hydrogen) atoms. The lowest BCUT2D eigenvalue weighted by Gasteiger charge is -2.32. The Hall–Kier alpha value is -1.64. The minimum absolute atomic E-state index is 0.0680. The van der Waals surface area contributed by atoms with Crippen molar-refractivity contribution >= 4 is 15.9 Å². The minimum Gasteiger partial charge on any atom is -0.497 e. The fraction of sp³-hybridized carbons (Fsp3) is 0.611. The van der Waals surface area contributed by atoms with Gasteiger partial charge in [0.25, 0.3) is 0 Å². The molecule has 0 radical (unpaired) electrons. The van der Waals surface area contributed by atoms with Crippen LogP contribution in [0, 0.1) is 5.92 Å². The maximum Gasteiger partial charge on any atom is 0.243 e. The van der Waals surface area contributed by atoms with Crippen LogP contribution in [-0.4, -0.2) is 58.0 Å². The van der Waals surface area contributed by atoms with Crippen molar-refractivity contribution in [2.75, 3.05) is 33.3 Å².